The van der Waals surface area contributed by atoms with Crippen molar-refractivity contribution in [2.75, 3.05) is 7.11 Å². The number of fused-ring (bicyclic) bond motifs is 1. The standard InChI is InChI=1S/C23H17N5O2/c1-30-21-6-5-16(11-26-21)20-13-28-23-19(20)9-18(12-27-23)15-4-2-3-14(7-15)8-17(10-24)22(25)29/h2-9,11-13H,1H3,(H2,25,29)(H,27,28)/b17-8+. The van der Waals surface area contributed by atoms with Gasteiger partial charge in [0.1, 0.15) is 17.3 Å². The smallest absolute Gasteiger partial charge is 0.259 e. The van der Waals surface area contributed by atoms with E-state index in [9.17, 15) is 4.79 Å². The topological polar surface area (TPSA) is 118 Å². The molecule has 3 heterocycles. The third kappa shape index (κ3) is 3.62. The van der Waals surface area contributed by atoms with Crippen LogP contribution in [0.4, 0.5) is 0 Å². The molecular formula is C23H17N5O2. The molecule has 7 nitrogen and oxygen atoms in total. The fraction of sp³-hybridized carbons (Fsp3) is 0.0435. The Morgan fingerprint density at radius 2 is 1.97 bits per heavy atom. The van der Waals surface area contributed by atoms with Crippen LogP contribution in [-0.4, -0.2) is 28.0 Å². The van der Waals surface area contributed by atoms with Crippen molar-refractivity contribution >= 4 is 23.0 Å². The van der Waals surface area contributed by atoms with Gasteiger partial charge in [-0.3, -0.25) is 4.79 Å². The minimum Gasteiger partial charge on any atom is -0.481 e. The minimum absolute atomic E-state index is 0.0966. The molecule has 0 saturated carbocycles. The molecule has 0 fully saturated rings. The van der Waals surface area contributed by atoms with Gasteiger partial charge in [-0.25, -0.2) is 9.97 Å². The second-order valence-corrected chi connectivity index (χ2v) is 6.57. The molecular weight excluding hydrogens is 378 g/mol. The lowest BCUT2D eigenvalue weighted by Crippen LogP contribution is -2.12. The number of amides is 1. The van der Waals surface area contributed by atoms with Gasteiger partial charge in [-0.05, 0) is 35.4 Å². The molecule has 1 amide bonds. The Morgan fingerprint density at radius 1 is 1.13 bits per heavy atom. The highest BCUT2D eigenvalue weighted by Crippen LogP contribution is 2.31. The van der Waals surface area contributed by atoms with Crippen molar-refractivity contribution in [2.24, 2.45) is 5.73 Å². The van der Waals surface area contributed by atoms with E-state index in [1.165, 1.54) is 6.08 Å². The number of aromatic amines is 1. The SMILES string of the molecule is COc1ccc(-c2c[nH]c3ncc(-c4cccc(/C=C(\C#N)C(N)=O)c4)cc23)cn1. The molecule has 0 aliphatic heterocycles. The highest BCUT2D eigenvalue weighted by Gasteiger charge is 2.10. The highest BCUT2D eigenvalue weighted by molar-refractivity contribution is 6.00. The number of carbonyl (C=O) groups excluding carboxylic acids is 1. The number of nitriles is 1. The maximum Gasteiger partial charge on any atom is 0.259 e. The molecule has 3 aromatic heterocycles. The summed E-state index contributed by atoms with van der Waals surface area (Å²) in [7, 11) is 1.58. The van der Waals surface area contributed by atoms with E-state index in [1.54, 1.807) is 25.6 Å². The summed E-state index contributed by atoms with van der Waals surface area (Å²) in [4.78, 5) is 23.3. The van der Waals surface area contributed by atoms with Gasteiger partial charge in [0.15, 0.2) is 0 Å². The van der Waals surface area contributed by atoms with Crippen LogP contribution in [0.2, 0.25) is 0 Å². The summed E-state index contributed by atoms with van der Waals surface area (Å²) in [5.74, 6) is -0.203. The second-order valence-electron chi connectivity index (χ2n) is 6.57. The quantitative estimate of drug-likeness (QED) is 0.395. The van der Waals surface area contributed by atoms with Crippen LogP contribution in [0.1, 0.15) is 5.56 Å². The number of carbonyl (C=O) groups is 1. The van der Waals surface area contributed by atoms with Crippen LogP contribution in [0, 0.1) is 11.3 Å². The lowest BCUT2D eigenvalue weighted by atomic mass is 10.0. The third-order valence-electron chi connectivity index (χ3n) is 4.70. The van der Waals surface area contributed by atoms with Gasteiger partial charge >= 0.3 is 0 Å². The van der Waals surface area contributed by atoms with Crippen LogP contribution in [0.15, 0.2) is 66.6 Å². The van der Waals surface area contributed by atoms with Crippen LogP contribution >= 0.6 is 0 Å². The van der Waals surface area contributed by atoms with Gasteiger partial charge in [-0.2, -0.15) is 5.26 Å². The zero-order valence-electron chi connectivity index (χ0n) is 16.1. The first-order valence-corrected chi connectivity index (χ1v) is 9.08. The summed E-state index contributed by atoms with van der Waals surface area (Å²) in [5.41, 5.74) is 10.3. The lowest BCUT2D eigenvalue weighted by Gasteiger charge is -2.05. The summed E-state index contributed by atoms with van der Waals surface area (Å²) >= 11 is 0. The number of hydrogen-bond donors (Lipinski definition) is 2. The molecule has 7 heteroatoms. The number of nitrogens with two attached hydrogens (primary N) is 1. The van der Waals surface area contributed by atoms with E-state index in [4.69, 9.17) is 15.7 Å². The Hall–Kier alpha value is -4.44. The van der Waals surface area contributed by atoms with Gasteiger partial charge in [0, 0.05) is 46.7 Å². The number of nitrogens with zero attached hydrogens (tertiary/aromatic N) is 3. The number of ether oxygens (including phenoxy) is 1. The number of H-pyrrole nitrogens is 1. The summed E-state index contributed by atoms with van der Waals surface area (Å²) in [6.45, 7) is 0. The van der Waals surface area contributed by atoms with Gasteiger partial charge in [-0.1, -0.05) is 18.2 Å². The molecule has 3 N–H and O–H groups in total. The second kappa shape index (κ2) is 7.89. The summed E-state index contributed by atoms with van der Waals surface area (Å²) < 4.78 is 5.13. The van der Waals surface area contributed by atoms with E-state index in [1.807, 2.05) is 48.7 Å². The molecule has 0 aliphatic rings. The van der Waals surface area contributed by atoms with Crippen LogP contribution in [0.5, 0.6) is 5.88 Å². The van der Waals surface area contributed by atoms with Crippen molar-refractivity contribution in [3.63, 3.8) is 0 Å². The molecule has 0 aliphatic carbocycles. The molecule has 0 bridgehead atoms. The predicted octanol–water partition coefficient (Wildman–Crippen LogP) is 3.69. The van der Waals surface area contributed by atoms with Crippen molar-refractivity contribution in [3.05, 3.63) is 72.2 Å². The van der Waals surface area contributed by atoms with E-state index in [-0.39, 0.29) is 5.57 Å². The maximum absolute atomic E-state index is 11.3. The average molecular weight is 395 g/mol. The number of pyridine rings is 2. The molecule has 4 rings (SSSR count). The predicted molar refractivity (Wildman–Crippen MR) is 114 cm³/mol. The van der Waals surface area contributed by atoms with E-state index < -0.39 is 5.91 Å². The van der Waals surface area contributed by atoms with E-state index in [0.29, 0.717) is 11.4 Å². The minimum atomic E-state index is -0.754. The molecule has 0 radical (unpaired) electrons. The zero-order chi connectivity index (χ0) is 21.1. The fourth-order valence-electron chi connectivity index (χ4n) is 3.19. The molecule has 4 aromatic rings. The summed E-state index contributed by atoms with van der Waals surface area (Å²) in [5, 5.41) is 10.0. The third-order valence-corrected chi connectivity index (χ3v) is 4.70. The molecule has 146 valence electrons. The number of primary amides is 1. The summed E-state index contributed by atoms with van der Waals surface area (Å²) in [6.07, 6.45) is 6.91. The first kappa shape index (κ1) is 18.9. The lowest BCUT2D eigenvalue weighted by molar-refractivity contribution is -0.114. The van der Waals surface area contributed by atoms with E-state index in [0.717, 1.165) is 33.3 Å². The van der Waals surface area contributed by atoms with Gasteiger partial charge in [0.25, 0.3) is 5.91 Å². The first-order valence-electron chi connectivity index (χ1n) is 9.08. The van der Waals surface area contributed by atoms with Crippen LogP contribution in [-0.2, 0) is 4.79 Å². The van der Waals surface area contributed by atoms with Crippen LogP contribution < -0.4 is 10.5 Å². The Kier molecular flexibility index (Phi) is 4.97. The van der Waals surface area contributed by atoms with Crippen LogP contribution in [0.3, 0.4) is 0 Å². The van der Waals surface area contributed by atoms with Crippen molar-refractivity contribution < 1.29 is 9.53 Å². The Balaban J connectivity index is 1.76. The maximum atomic E-state index is 11.3. The van der Waals surface area contributed by atoms with Crippen molar-refractivity contribution in [3.8, 4) is 34.2 Å². The Morgan fingerprint density at radius 3 is 2.67 bits per heavy atom. The van der Waals surface area contributed by atoms with Crippen molar-refractivity contribution in [1.82, 2.24) is 15.0 Å². The van der Waals surface area contributed by atoms with Gasteiger partial charge < -0.3 is 15.5 Å². The highest BCUT2D eigenvalue weighted by atomic mass is 16.5. The van der Waals surface area contributed by atoms with E-state index >= 15 is 0 Å². The average Bonchev–Trinajstić information content (AvgIpc) is 3.20. The van der Waals surface area contributed by atoms with E-state index in [2.05, 4.69) is 15.0 Å². The molecule has 0 unspecified atom stereocenters. The Bertz CT molecular complexity index is 1310. The molecule has 0 spiro atoms. The summed E-state index contributed by atoms with van der Waals surface area (Å²) in [6, 6.07) is 15.1. The molecule has 0 saturated heterocycles. The monoisotopic (exact) mass is 395 g/mol. The number of aromatic nitrogens is 3. The molecule has 1 aromatic carbocycles. The van der Waals surface area contributed by atoms with Gasteiger partial charge in [0.2, 0.25) is 5.88 Å². The molecule has 0 atom stereocenters. The zero-order valence-corrected chi connectivity index (χ0v) is 16.1. The number of benzene rings is 1. The van der Waals surface area contributed by atoms with Gasteiger partial charge in [-0.15, -0.1) is 0 Å². The molecule has 30 heavy (non-hydrogen) atoms. The van der Waals surface area contributed by atoms with Gasteiger partial charge in [0.05, 0.1) is 7.11 Å². The number of hydrogen-bond acceptors (Lipinski definition) is 5. The first-order chi connectivity index (χ1) is 14.6. The largest absolute Gasteiger partial charge is 0.481 e. The van der Waals surface area contributed by atoms with Crippen molar-refractivity contribution in [2.45, 2.75) is 0 Å². The Labute approximate surface area is 172 Å². The number of nitrogens with one attached hydrogen (secondary N) is 1. The number of methoxy groups -OCH3 is 1. The normalized spacial score (nSPS) is 11.3. The van der Waals surface area contributed by atoms with Crippen LogP contribution in [0.25, 0.3) is 39.4 Å². The van der Waals surface area contributed by atoms with Crippen molar-refractivity contribution in [1.29, 1.82) is 5.26 Å². The fourth-order valence-corrected chi connectivity index (χ4v) is 3.19. The number of rotatable bonds is 5.